The second-order valence-electron chi connectivity index (χ2n) is 9.61. The molecule has 1 unspecified atom stereocenters. The molecular formula is C28H24F9NO3. The van der Waals surface area contributed by atoms with Crippen LogP contribution in [0.3, 0.4) is 0 Å². The predicted octanol–water partition coefficient (Wildman–Crippen LogP) is 6.74. The molecule has 2 N–H and O–H groups in total. The van der Waals surface area contributed by atoms with Gasteiger partial charge in [0.15, 0.2) is 17.7 Å². The lowest BCUT2D eigenvalue weighted by molar-refractivity contribution is -0.253. The van der Waals surface area contributed by atoms with Gasteiger partial charge in [-0.25, -0.2) is 8.78 Å². The van der Waals surface area contributed by atoms with Crippen molar-refractivity contribution in [2.45, 2.75) is 55.7 Å². The number of ether oxygens (including phenoxy) is 2. The SMILES string of the molecule is OC(CN[C@@](Cc1ccccc1)(c1cc(F)cc(OC(F)(F)C(F)F)c1)c1ccc(F)c(OC2CC2)c1)C(F)(F)F. The van der Waals surface area contributed by atoms with Gasteiger partial charge < -0.3 is 19.9 Å². The van der Waals surface area contributed by atoms with E-state index >= 15 is 0 Å². The normalized spacial score (nSPS) is 16.4. The van der Waals surface area contributed by atoms with Crippen molar-refractivity contribution in [3.63, 3.8) is 0 Å². The third kappa shape index (κ3) is 7.45. The topological polar surface area (TPSA) is 50.7 Å². The molecule has 0 radical (unpaired) electrons. The van der Waals surface area contributed by atoms with E-state index in [1.165, 1.54) is 12.1 Å². The fourth-order valence-corrected chi connectivity index (χ4v) is 4.22. The highest BCUT2D eigenvalue weighted by molar-refractivity contribution is 5.47. The fraction of sp³-hybridized carbons (Fsp3) is 0.357. The van der Waals surface area contributed by atoms with Crippen LogP contribution in [0.1, 0.15) is 29.5 Å². The summed E-state index contributed by atoms with van der Waals surface area (Å²) in [6, 6.07) is 13.3. The lowest BCUT2D eigenvalue weighted by atomic mass is 9.77. The molecule has 3 aromatic rings. The standard InChI is InChI=1S/C28H24F9NO3/c29-19-10-18(11-21(13-19)41-28(36,37)25(31)32)26(14-16-4-2-1-3-5-16,38-15-24(39)27(33,34)35)17-6-9-22(30)23(12-17)40-20-7-8-20/h1-6,9-13,20,24-25,38-39H,7-8,14-15H2/t24?,26-/m1/s1. The molecule has 0 aromatic heterocycles. The van der Waals surface area contributed by atoms with Gasteiger partial charge in [-0.2, -0.15) is 30.7 Å². The van der Waals surface area contributed by atoms with Crippen molar-refractivity contribution in [1.29, 1.82) is 0 Å². The third-order valence-corrected chi connectivity index (χ3v) is 6.40. The molecule has 41 heavy (non-hydrogen) atoms. The van der Waals surface area contributed by atoms with E-state index in [1.807, 2.05) is 0 Å². The van der Waals surface area contributed by atoms with Crippen LogP contribution in [0.25, 0.3) is 0 Å². The van der Waals surface area contributed by atoms with Gasteiger partial charge in [0.05, 0.1) is 11.6 Å². The summed E-state index contributed by atoms with van der Waals surface area (Å²) in [6.07, 6.45) is -16.6. The average Bonchev–Trinajstić information content (AvgIpc) is 3.71. The molecule has 0 aliphatic heterocycles. The Morgan fingerprint density at radius 1 is 0.878 bits per heavy atom. The second-order valence-corrected chi connectivity index (χ2v) is 9.61. The highest BCUT2D eigenvalue weighted by Crippen LogP contribution is 2.40. The highest BCUT2D eigenvalue weighted by Gasteiger charge is 2.45. The first-order valence-corrected chi connectivity index (χ1v) is 12.4. The Bertz CT molecular complexity index is 1330. The van der Waals surface area contributed by atoms with Crippen molar-refractivity contribution in [3.8, 4) is 11.5 Å². The van der Waals surface area contributed by atoms with Gasteiger partial charge in [0.2, 0.25) is 0 Å². The molecule has 4 rings (SSSR count). The largest absolute Gasteiger partial charge is 0.487 e. The Labute approximate surface area is 228 Å². The van der Waals surface area contributed by atoms with Crippen molar-refractivity contribution in [1.82, 2.24) is 5.32 Å². The maximum Gasteiger partial charge on any atom is 0.461 e. The van der Waals surface area contributed by atoms with Crippen LogP contribution in [-0.2, 0) is 12.0 Å². The van der Waals surface area contributed by atoms with Gasteiger partial charge in [-0.1, -0.05) is 36.4 Å². The molecular weight excluding hydrogens is 569 g/mol. The van der Waals surface area contributed by atoms with Crippen LogP contribution in [0.15, 0.2) is 66.7 Å². The smallest absolute Gasteiger partial charge is 0.461 e. The van der Waals surface area contributed by atoms with E-state index in [0.717, 1.165) is 18.2 Å². The monoisotopic (exact) mass is 593 g/mol. The molecule has 0 heterocycles. The van der Waals surface area contributed by atoms with Crippen molar-refractivity contribution in [2.24, 2.45) is 0 Å². The molecule has 1 aliphatic carbocycles. The molecule has 0 saturated heterocycles. The number of hydrogen-bond donors (Lipinski definition) is 2. The first-order valence-electron chi connectivity index (χ1n) is 12.4. The van der Waals surface area contributed by atoms with Gasteiger partial charge in [-0.3, -0.25) is 0 Å². The van der Waals surface area contributed by atoms with Gasteiger partial charge in [-0.15, -0.1) is 0 Å². The summed E-state index contributed by atoms with van der Waals surface area (Å²) < 4.78 is 132. The summed E-state index contributed by atoms with van der Waals surface area (Å²) in [4.78, 5) is 0. The lowest BCUT2D eigenvalue weighted by Gasteiger charge is -2.38. The highest BCUT2D eigenvalue weighted by atomic mass is 19.4. The minimum Gasteiger partial charge on any atom is -0.487 e. The third-order valence-electron chi connectivity index (χ3n) is 6.40. The number of halogens is 9. The van der Waals surface area contributed by atoms with E-state index in [0.29, 0.717) is 24.5 Å². The van der Waals surface area contributed by atoms with Crippen molar-refractivity contribution in [3.05, 3.63) is 95.1 Å². The molecule has 0 bridgehead atoms. The Kier molecular flexibility index (Phi) is 8.78. The Balaban J connectivity index is 1.92. The first-order chi connectivity index (χ1) is 19.2. The van der Waals surface area contributed by atoms with Crippen LogP contribution in [0.5, 0.6) is 11.5 Å². The first kappa shape index (κ1) is 30.5. The van der Waals surface area contributed by atoms with E-state index in [-0.39, 0.29) is 29.4 Å². The summed E-state index contributed by atoms with van der Waals surface area (Å²) in [5, 5.41) is 12.4. The number of nitrogens with one attached hydrogen (secondary N) is 1. The van der Waals surface area contributed by atoms with E-state index in [9.17, 15) is 44.6 Å². The Hall–Kier alpha value is -3.45. The van der Waals surface area contributed by atoms with Crippen molar-refractivity contribution in [2.75, 3.05) is 6.54 Å². The van der Waals surface area contributed by atoms with Gasteiger partial charge in [0, 0.05) is 12.6 Å². The fourth-order valence-electron chi connectivity index (χ4n) is 4.22. The van der Waals surface area contributed by atoms with E-state index in [1.54, 1.807) is 30.3 Å². The zero-order valence-electron chi connectivity index (χ0n) is 21.1. The molecule has 1 aliphatic rings. The van der Waals surface area contributed by atoms with Crippen molar-refractivity contribution < 1.29 is 54.1 Å². The van der Waals surface area contributed by atoms with Crippen LogP contribution in [0, 0.1) is 11.6 Å². The van der Waals surface area contributed by atoms with Crippen LogP contribution >= 0.6 is 0 Å². The summed E-state index contributed by atoms with van der Waals surface area (Å²) in [5.74, 6) is -3.35. The van der Waals surface area contributed by atoms with Crippen LogP contribution in [-0.4, -0.2) is 42.6 Å². The van der Waals surface area contributed by atoms with Crippen LogP contribution in [0.2, 0.25) is 0 Å². The minimum absolute atomic E-state index is 0.00458. The Morgan fingerprint density at radius 3 is 2.17 bits per heavy atom. The van der Waals surface area contributed by atoms with Crippen molar-refractivity contribution >= 4 is 0 Å². The van der Waals surface area contributed by atoms with Gasteiger partial charge in [-0.05, 0) is 60.2 Å². The molecule has 0 spiro atoms. The molecule has 0 amide bonds. The summed E-state index contributed by atoms with van der Waals surface area (Å²) in [6.45, 7) is -1.17. The lowest BCUT2D eigenvalue weighted by Crippen LogP contribution is -2.51. The number of alkyl halides is 7. The summed E-state index contributed by atoms with van der Waals surface area (Å²) >= 11 is 0. The number of aliphatic hydroxyl groups is 1. The minimum atomic E-state index is -5.08. The molecule has 2 atom stereocenters. The maximum atomic E-state index is 14.8. The Morgan fingerprint density at radius 2 is 1.56 bits per heavy atom. The molecule has 1 saturated carbocycles. The summed E-state index contributed by atoms with van der Waals surface area (Å²) in [5.41, 5.74) is -1.87. The number of rotatable bonds is 12. The molecule has 222 valence electrons. The van der Waals surface area contributed by atoms with Crippen LogP contribution in [0.4, 0.5) is 39.5 Å². The quantitative estimate of drug-likeness (QED) is 0.229. The van der Waals surface area contributed by atoms with Gasteiger partial charge in [0.1, 0.15) is 11.6 Å². The second kappa shape index (κ2) is 11.8. The number of aliphatic hydroxyl groups excluding tert-OH is 1. The van der Waals surface area contributed by atoms with E-state index in [2.05, 4.69) is 10.1 Å². The molecule has 1 fully saturated rings. The predicted molar refractivity (Wildman–Crippen MR) is 129 cm³/mol. The molecule has 13 heteroatoms. The summed E-state index contributed by atoms with van der Waals surface area (Å²) in [7, 11) is 0. The average molecular weight is 593 g/mol. The van der Waals surface area contributed by atoms with Crippen LogP contribution < -0.4 is 14.8 Å². The molecule has 4 nitrogen and oxygen atoms in total. The van der Waals surface area contributed by atoms with Gasteiger partial charge >= 0.3 is 18.7 Å². The van der Waals surface area contributed by atoms with E-state index < -0.39 is 54.3 Å². The number of benzene rings is 3. The number of hydrogen-bond acceptors (Lipinski definition) is 4. The molecule has 3 aromatic carbocycles. The van der Waals surface area contributed by atoms with E-state index in [4.69, 9.17) is 4.74 Å². The zero-order valence-corrected chi connectivity index (χ0v) is 21.1. The van der Waals surface area contributed by atoms with Gasteiger partial charge in [0.25, 0.3) is 0 Å². The maximum absolute atomic E-state index is 14.8. The zero-order chi connectivity index (χ0) is 30.0.